The average molecular weight is 483 g/mol. The Bertz CT molecular complexity index is 1310. The zero-order valence-electron chi connectivity index (χ0n) is 16.5. The molecule has 0 amide bonds. The molecular weight excluding hydrogens is 464 g/mol. The Morgan fingerprint density at radius 1 is 1.20 bits per heavy atom. The number of aromatic nitrogens is 1. The van der Waals surface area contributed by atoms with Crippen LogP contribution in [0.2, 0.25) is 0 Å². The predicted octanol–water partition coefficient (Wildman–Crippen LogP) is 3.56. The number of benzene rings is 2. The summed E-state index contributed by atoms with van der Waals surface area (Å²) in [6.07, 6.45) is 1.85. The van der Waals surface area contributed by atoms with Crippen molar-refractivity contribution >= 4 is 39.3 Å². The number of esters is 1. The first-order valence-electron chi connectivity index (χ1n) is 9.49. The molecular formula is C23H19BrN2O3S. The lowest BCUT2D eigenvalue weighted by molar-refractivity contribution is -0.139. The summed E-state index contributed by atoms with van der Waals surface area (Å²) in [6, 6.07) is 16.7. The molecule has 2 aromatic carbocycles. The molecule has 0 saturated carbocycles. The molecule has 0 saturated heterocycles. The summed E-state index contributed by atoms with van der Waals surface area (Å²) in [5.74, 6) is -0.455. The van der Waals surface area contributed by atoms with Gasteiger partial charge in [-0.2, -0.15) is 0 Å². The maximum absolute atomic E-state index is 13.4. The van der Waals surface area contributed by atoms with Gasteiger partial charge in [-0.25, -0.2) is 9.79 Å². The highest BCUT2D eigenvalue weighted by molar-refractivity contribution is 9.10. The summed E-state index contributed by atoms with van der Waals surface area (Å²) in [4.78, 5) is 31.4. The maximum atomic E-state index is 13.4. The highest BCUT2D eigenvalue weighted by atomic mass is 79.9. The largest absolute Gasteiger partial charge is 0.463 e. The Kier molecular flexibility index (Phi) is 5.83. The van der Waals surface area contributed by atoms with Crippen LogP contribution in [0.15, 0.2) is 80.1 Å². The molecule has 1 aromatic heterocycles. The fourth-order valence-electron chi connectivity index (χ4n) is 3.45. The average Bonchev–Trinajstić information content (AvgIpc) is 3.03. The van der Waals surface area contributed by atoms with E-state index in [-0.39, 0.29) is 12.2 Å². The molecule has 1 atom stereocenters. The minimum atomic E-state index is -0.591. The molecule has 0 fully saturated rings. The number of ether oxygens (including phenoxy) is 1. The molecule has 5 nitrogen and oxygen atoms in total. The number of halogens is 1. The van der Waals surface area contributed by atoms with E-state index in [1.807, 2.05) is 60.7 Å². The molecule has 4 rings (SSSR count). The topological polar surface area (TPSA) is 60.7 Å². The smallest absolute Gasteiger partial charge is 0.338 e. The normalized spacial score (nSPS) is 16.2. The number of carbonyl (C=O) groups excluding carboxylic acids is 1. The molecule has 2 heterocycles. The second-order valence-corrected chi connectivity index (χ2v) is 8.69. The van der Waals surface area contributed by atoms with Gasteiger partial charge in [-0.3, -0.25) is 9.36 Å². The van der Waals surface area contributed by atoms with Crippen LogP contribution in [-0.4, -0.2) is 17.1 Å². The van der Waals surface area contributed by atoms with Crippen molar-refractivity contribution in [2.45, 2.75) is 19.9 Å². The first kappa shape index (κ1) is 20.5. The highest BCUT2D eigenvalue weighted by Gasteiger charge is 2.33. The SMILES string of the molecule is CCOC(=O)C1=C(C)N=c2s/c(=C\c3ccccc3)c(=O)n2C1c1ccc(Br)cc1. The quantitative estimate of drug-likeness (QED) is 0.534. The predicted molar refractivity (Wildman–Crippen MR) is 121 cm³/mol. The molecule has 3 aromatic rings. The summed E-state index contributed by atoms with van der Waals surface area (Å²) in [5, 5.41) is 0. The fraction of sp³-hybridized carbons (Fsp3) is 0.174. The lowest BCUT2D eigenvalue weighted by Crippen LogP contribution is -2.39. The van der Waals surface area contributed by atoms with Gasteiger partial charge in [0.15, 0.2) is 4.80 Å². The van der Waals surface area contributed by atoms with Crippen LogP contribution >= 0.6 is 27.3 Å². The van der Waals surface area contributed by atoms with E-state index < -0.39 is 12.0 Å². The first-order chi connectivity index (χ1) is 14.5. The van der Waals surface area contributed by atoms with E-state index in [0.717, 1.165) is 15.6 Å². The summed E-state index contributed by atoms with van der Waals surface area (Å²) >= 11 is 4.77. The van der Waals surface area contributed by atoms with Gasteiger partial charge in [0, 0.05) is 4.47 Å². The number of hydrogen-bond acceptors (Lipinski definition) is 5. The Hall–Kier alpha value is -2.77. The van der Waals surface area contributed by atoms with E-state index in [1.54, 1.807) is 18.4 Å². The van der Waals surface area contributed by atoms with E-state index in [0.29, 0.717) is 20.6 Å². The molecule has 1 aliphatic rings. The van der Waals surface area contributed by atoms with Crippen LogP contribution < -0.4 is 14.9 Å². The van der Waals surface area contributed by atoms with Crippen LogP contribution in [0.25, 0.3) is 6.08 Å². The van der Waals surface area contributed by atoms with E-state index in [2.05, 4.69) is 20.9 Å². The Morgan fingerprint density at radius 2 is 1.90 bits per heavy atom. The maximum Gasteiger partial charge on any atom is 0.338 e. The van der Waals surface area contributed by atoms with Gasteiger partial charge in [0.2, 0.25) is 0 Å². The molecule has 152 valence electrons. The third-order valence-corrected chi connectivity index (χ3v) is 6.31. The van der Waals surface area contributed by atoms with Gasteiger partial charge in [-0.1, -0.05) is 69.7 Å². The van der Waals surface area contributed by atoms with Crippen LogP contribution in [0.5, 0.6) is 0 Å². The molecule has 30 heavy (non-hydrogen) atoms. The number of allylic oxidation sites excluding steroid dienone is 1. The molecule has 0 bridgehead atoms. The molecule has 0 radical (unpaired) electrons. The summed E-state index contributed by atoms with van der Waals surface area (Å²) in [7, 11) is 0. The lowest BCUT2D eigenvalue weighted by Gasteiger charge is -2.24. The van der Waals surface area contributed by atoms with Gasteiger partial charge in [0.25, 0.3) is 5.56 Å². The van der Waals surface area contributed by atoms with E-state index >= 15 is 0 Å². The van der Waals surface area contributed by atoms with Crippen LogP contribution in [0.1, 0.15) is 31.0 Å². The number of hydrogen-bond donors (Lipinski definition) is 0. The van der Waals surface area contributed by atoms with Crippen molar-refractivity contribution in [3.05, 3.63) is 101 Å². The molecule has 7 heteroatoms. The lowest BCUT2D eigenvalue weighted by atomic mass is 9.96. The fourth-order valence-corrected chi connectivity index (χ4v) is 4.76. The van der Waals surface area contributed by atoms with Gasteiger partial charge in [0.1, 0.15) is 0 Å². The Labute approximate surface area is 185 Å². The van der Waals surface area contributed by atoms with Crippen molar-refractivity contribution < 1.29 is 9.53 Å². The van der Waals surface area contributed by atoms with Crippen LogP contribution in [-0.2, 0) is 9.53 Å². The number of nitrogens with zero attached hydrogens (tertiary/aromatic N) is 2. The zero-order chi connectivity index (χ0) is 21.3. The molecule has 0 spiro atoms. The van der Waals surface area contributed by atoms with E-state index in [1.165, 1.54) is 11.3 Å². The second-order valence-electron chi connectivity index (χ2n) is 6.76. The van der Waals surface area contributed by atoms with Crippen molar-refractivity contribution in [1.82, 2.24) is 4.57 Å². The van der Waals surface area contributed by atoms with Crippen LogP contribution in [0.4, 0.5) is 0 Å². The van der Waals surface area contributed by atoms with Gasteiger partial charge in [0.05, 0.1) is 28.5 Å². The van der Waals surface area contributed by atoms with E-state index in [4.69, 9.17) is 4.74 Å². The minimum Gasteiger partial charge on any atom is -0.463 e. The molecule has 1 aliphatic heterocycles. The van der Waals surface area contributed by atoms with Crippen molar-refractivity contribution in [3.63, 3.8) is 0 Å². The third kappa shape index (κ3) is 3.82. The molecule has 0 N–H and O–H groups in total. The van der Waals surface area contributed by atoms with E-state index in [9.17, 15) is 9.59 Å². The van der Waals surface area contributed by atoms with Crippen LogP contribution in [0.3, 0.4) is 0 Å². The number of rotatable bonds is 4. The molecule has 1 unspecified atom stereocenters. The summed E-state index contributed by atoms with van der Waals surface area (Å²) in [5.41, 5.74) is 2.53. The van der Waals surface area contributed by atoms with Crippen molar-refractivity contribution in [2.75, 3.05) is 6.61 Å². The Balaban J connectivity index is 1.96. The van der Waals surface area contributed by atoms with Crippen molar-refractivity contribution in [3.8, 4) is 0 Å². The Morgan fingerprint density at radius 3 is 2.57 bits per heavy atom. The van der Waals surface area contributed by atoms with Crippen molar-refractivity contribution in [2.24, 2.45) is 4.99 Å². The van der Waals surface area contributed by atoms with Crippen LogP contribution in [0, 0.1) is 0 Å². The highest BCUT2D eigenvalue weighted by Crippen LogP contribution is 2.31. The summed E-state index contributed by atoms with van der Waals surface area (Å²) < 4.78 is 8.39. The standard InChI is InChI=1S/C23H19BrN2O3S/c1-3-29-22(28)19-14(2)25-23-26(20(19)16-9-11-17(24)12-10-16)21(27)18(30-23)13-15-7-5-4-6-8-15/h4-13,20H,3H2,1-2H3/b18-13-. The second kappa shape index (κ2) is 8.53. The monoisotopic (exact) mass is 482 g/mol. The first-order valence-corrected chi connectivity index (χ1v) is 11.1. The van der Waals surface area contributed by atoms with Gasteiger partial charge >= 0.3 is 5.97 Å². The number of fused-ring (bicyclic) bond motifs is 1. The van der Waals surface area contributed by atoms with Gasteiger partial charge in [-0.05, 0) is 43.2 Å². The van der Waals surface area contributed by atoms with Crippen molar-refractivity contribution in [1.29, 1.82) is 0 Å². The van der Waals surface area contributed by atoms with Gasteiger partial charge < -0.3 is 4.74 Å². The number of thiazole rings is 1. The van der Waals surface area contributed by atoms with Gasteiger partial charge in [-0.15, -0.1) is 0 Å². The summed E-state index contributed by atoms with van der Waals surface area (Å²) in [6.45, 7) is 3.80. The molecule has 0 aliphatic carbocycles. The number of carbonyl (C=O) groups is 1. The minimum absolute atomic E-state index is 0.176. The third-order valence-electron chi connectivity index (χ3n) is 4.80. The zero-order valence-corrected chi connectivity index (χ0v) is 18.9.